The normalized spacial score (nSPS) is 12.8. The fraction of sp³-hybridized carbons (Fsp3) is 0.294. The number of hydrogen-bond donors (Lipinski definition) is 0. The van der Waals surface area contributed by atoms with Crippen LogP contribution in [0.15, 0.2) is 52.3 Å². The predicted molar refractivity (Wildman–Crippen MR) is 96.2 cm³/mol. The summed E-state index contributed by atoms with van der Waals surface area (Å²) >= 11 is 0. The summed E-state index contributed by atoms with van der Waals surface area (Å²) in [7, 11) is -5.76. The van der Waals surface area contributed by atoms with Crippen LogP contribution in [0.2, 0.25) is 0 Å². The standard InChI is InChI=1S/C17H18F3NO4S2/c1-21(11-12-4-6-13(7-5-12)17(18,19)20)15-9-8-14(26(2,22)23)10-16(15)27(3,24)25/h4-10H,11H2,1-3H3. The van der Waals surface area contributed by atoms with E-state index in [1.807, 2.05) is 0 Å². The lowest BCUT2D eigenvalue weighted by molar-refractivity contribution is -0.137. The van der Waals surface area contributed by atoms with Crippen LogP contribution in [0.1, 0.15) is 11.1 Å². The molecule has 0 saturated heterocycles. The van der Waals surface area contributed by atoms with Gasteiger partial charge in [-0.1, -0.05) is 12.1 Å². The maximum Gasteiger partial charge on any atom is 0.416 e. The summed E-state index contributed by atoms with van der Waals surface area (Å²) in [6.07, 6.45) is -2.50. The first kappa shape index (κ1) is 21.2. The zero-order valence-corrected chi connectivity index (χ0v) is 16.4. The van der Waals surface area contributed by atoms with Gasteiger partial charge in [0.1, 0.15) is 0 Å². The van der Waals surface area contributed by atoms with Gasteiger partial charge in [-0.3, -0.25) is 0 Å². The highest BCUT2D eigenvalue weighted by atomic mass is 32.2. The molecule has 0 spiro atoms. The van der Waals surface area contributed by atoms with Crippen molar-refractivity contribution in [3.63, 3.8) is 0 Å². The second kappa shape index (κ2) is 7.16. The van der Waals surface area contributed by atoms with Crippen LogP contribution >= 0.6 is 0 Å². The third-order valence-corrected chi connectivity index (χ3v) is 6.11. The van der Waals surface area contributed by atoms with Gasteiger partial charge in [-0.15, -0.1) is 0 Å². The van der Waals surface area contributed by atoms with Gasteiger partial charge in [-0.25, -0.2) is 16.8 Å². The minimum absolute atomic E-state index is 0.130. The maximum absolute atomic E-state index is 12.6. The van der Waals surface area contributed by atoms with E-state index >= 15 is 0 Å². The molecule has 0 aliphatic heterocycles. The molecule has 0 aliphatic carbocycles. The summed E-state index contributed by atoms with van der Waals surface area (Å²) in [5.74, 6) is 0. The van der Waals surface area contributed by atoms with Crippen molar-refractivity contribution in [2.45, 2.75) is 22.5 Å². The van der Waals surface area contributed by atoms with E-state index in [0.717, 1.165) is 30.7 Å². The van der Waals surface area contributed by atoms with Crippen LogP contribution in [0.5, 0.6) is 0 Å². The molecule has 0 bridgehead atoms. The molecule has 0 aromatic heterocycles. The molecule has 0 unspecified atom stereocenters. The highest BCUT2D eigenvalue weighted by molar-refractivity contribution is 7.91. The third-order valence-electron chi connectivity index (χ3n) is 3.87. The van der Waals surface area contributed by atoms with Crippen LogP contribution in [0.25, 0.3) is 0 Å². The fourth-order valence-electron chi connectivity index (χ4n) is 2.50. The van der Waals surface area contributed by atoms with E-state index in [9.17, 15) is 30.0 Å². The molecule has 27 heavy (non-hydrogen) atoms. The number of sulfone groups is 2. The summed E-state index contributed by atoms with van der Waals surface area (Å²) < 4.78 is 85.5. The van der Waals surface area contributed by atoms with Gasteiger partial charge in [-0.2, -0.15) is 13.2 Å². The smallest absolute Gasteiger partial charge is 0.369 e. The predicted octanol–water partition coefficient (Wildman–Crippen LogP) is 3.15. The second-order valence-corrected chi connectivity index (χ2v) is 10.2. The monoisotopic (exact) mass is 421 g/mol. The maximum atomic E-state index is 12.6. The van der Waals surface area contributed by atoms with E-state index in [1.54, 1.807) is 7.05 Å². The molecule has 0 amide bonds. The van der Waals surface area contributed by atoms with Crippen molar-refractivity contribution in [3.8, 4) is 0 Å². The number of halogens is 3. The minimum Gasteiger partial charge on any atom is -0.369 e. The van der Waals surface area contributed by atoms with Crippen LogP contribution in [-0.2, 0) is 32.4 Å². The number of alkyl halides is 3. The van der Waals surface area contributed by atoms with Crippen LogP contribution in [0.3, 0.4) is 0 Å². The van der Waals surface area contributed by atoms with Crippen molar-refractivity contribution < 1.29 is 30.0 Å². The first-order chi connectivity index (χ1) is 12.2. The summed E-state index contributed by atoms with van der Waals surface area (Å²) in [4.78, 5) is 1.24. The Morgan fingerprint density at radius 2 is 1.44 bits per heavy atom. The van der Waals surface area contributed by atoms with Crippen LogP contribution in [-0.4, -0.2) is 36.4 Å². The van der Waals surface area contributed by atoms with E-state index < -0.39 is 31.4 Å². The fourth-order valence-corrected chi connectivity index (χ4v) is 4.16. The molecule has 0 radical (unpaired) electrons. The molecule has 148 valence electrons. The van der Waals surface area contributed by atoms with Gasteiger partial charge in [0, 0.05) is 26.1 Å². The van der Waals surface area contributed by atoms with Gasteiger partial charge in [0.2, 0.25) is 0 Å². The number of hydrogen-bond acceptors (Lipinski definition) is 5. The molecule has 0 heterocycles. The highest BCUT2D eigenvalue weighted by Crippen LogP contribution is 2.31. The molecule has 0 N–H and O–H groups in total. The lowest BCUT2D eigenvalue weighted by Gasteiger charge is -2.22. The Bertz CT molecular complexity index is 1040. The van der Waals surface area contributed by atoms with Crippen molar-refractivity contribution in [2.24, 2.45) is 0 Å². The summed E-state index contributed by atoms with van der Waals surface area (Å²) in [6.45, 7) is 0.138. The lowest BCUT2D eigenvalue weighted by Crippen LogP contribution is -2.19. The van der Waals surface area contributed by atoms with Crippen LogP contribution < -0.4 is 4.90 Å². The molecule has 10 heteroatoms. The molecule has 0 saturated carbocycles. The largest absolute Gasteiger partial charge is 0.416 e. The molecule has 2 aromatic carbocycles. The Balaban J connectivity index is 2.40. The lowest BCUT2D eigenvalue weighted by atomic mass is 10.1. The Hall–Kier alpha value is -2.07. The van der Waals surface area contributed by atoms with E-state index in [-0.39, 0.29) is 22.0 Å². The zero-order chi connectivity index (χ0) is 20.6. The summed E-state index contributed by atoms with van der Waals surface area (Å²) in [5.41, 5.74) is 0.0187. The van der Waals surface area contributed by atoms with E-state index in [0.29, 0.717) is 5.56 Å². The molecule has 2 aromatic rings. The van der Waals surface area contributed by atoms with Gasteiger partial charge in [0.25, 0.3) is 0 Å². The van der Waals surface area contributed by atoms with Gasteiger partial charge in [0.05, 0.1) is 21.0 Å². The number of rotatable bonds is 5. The Kier molecular flexibility index (Phi) is 5.63. The third kappa shape index (κ3) is 5.23. The molecule has 5 nitrogen and oxygen atoms in total. The minimum atomic E-state index is -4.44. The van der Waals surface area contributed by atoms with Gasteiger partial charge in [-0.05, 0) is 35.9 Å². The Morgan fingerprint density at radius 1 is 0.889 bits per heavy atom. The Morgan fingerprint density at radius 3 is 1.89 bits per heavy atom. The first-order valence-electron chi connectivity index (χ1n) is 7.61. The second-order valence-electron chi connectivity index (χ2n) is 6.22. The number of benzene rings is 2. The molecule has 0 fully saturated rings. The molecular weight excluding hydrogens is 403 g/mol. The van der Waals surface area contributed by atoms with Gasteiger partial charge >= 0.3 is 6.18 Å². The molecule has 2 rings (SSSR count). The van der Waals surface area contributed by atoms with E-state index in [4.69, 9.17) is 0 Å². The highest BCUT2D eigenvalue weighted by Gasteiger charge is 2.30. The van der Waals surface area contributed by atoms with E-state index in [1.165, 1.54) is 29.2 Å². The summed E-state index contributed by atoms with van der Waals surface area (Å²) in [5, 5.41) is 0. The average Bonchev–Trinajstić information content (AvgIpc) is 2.52. The SMILES string of the molecule is CN(Cc1ccc(C(F)(F)F)cc1)c1ccc(S(C)(=O)=O)cc1S(C)(=O)=O. The first-order valence-corrected chi connectivity index (χ1v) is 11.4. The molecule has 0 atom stereocenters. The van der Waals surface area contributed by atoms with Crippen molar-refractivity contribution >= 4 is 25.4 Å². The van der Waals surface area contributed by atoms with E-state index in [2.05, 4.69) is 0 Å². The van der Waals surface area contributed by atoms with Crippen molar-refractivity contribution in [3.05, 3.63) is 53.6 Å². The Labute approximate surface area is 156 Å². The van der Waals surface area contributed by atoms with Crippen molar-refractivity contribution in [1.29, 1.82) is 0 Å². The zero-order valence-electron chi connectivity index (χ0n) is 14.8. The average molecular weight is 421 g/mol. The van der Waals surface area contributed by atoms with Gasteiger partial charge in [0.15, 0.2) is 19.7 Å². The molecule has 0 aliphatic rings. The van der Waals surface area contributed by atoms with Crippen molar-refractivity contribution in [1.82, 2.24) is 0 Å². The van der Waals surface area contributed by atoms with Crippen LogP contribution in [0.4, 0.5) is 18.9 Å². The summed E-state index contributed by atoms with van der Waals surface area (Å²) in [6, 6.07) is 8.28. The molecular formula is C17H18F3NO4S2. The van der Waals surface area contributed by atoms with Crippen LogP contribution in [0, 0.1) is 0 Å². The quantitative estimate of drug-likeness (QED) is 0.742. The topological polar surface area (TPSA) is 71.5 Å². The van der Waals surface area contributed by atoms with Gasteiger partial charge < -0.3 is 4.90 Å². The van der Waals surface area contributed by atoms with Crippen molar-refractivity contribution in [2.75, 3.05) is 24.5 Å². The number of nitrogens with zero attached hydrogens (tertiary/aromatic N) is 1. The number of anilines is 1.